The van der Waals surface area contributed by atoms with Gasteiger partial charge in [0.25, 0.3) is 0 Å². The highest BCUT2D eigenvalue weighted by molar-refractivity contribution is 5.86. The summed E-state index contributed by atoms with van der Waals surface area (Å²) in [6, 6.07) is 1.34. The van der Waals surface area contributed by atoms with E-state index in [2.05, 4.69) is 30.0 Å². The van der Waals surface area contributed by atoms with Crippen molar-refractivity contribution in [1.29, 1.82) is 0 Å². The number of anilines is 1. The van der Waals surface area contributed by atoms with E-state index in [0.717, 1.165) is 6.20 Å². The summed E-state index contributed by atoms with van der Waals surface area (Å²) in [5.41, 5.74) is 0.933. The summed E-state index contributed by atoms with van der Waals surface area (Å²) in [6.45, 7) is 14.7. The van der Waals surface area contributed by atoms with Gasteiger partial charge in [-0.25, -0.2) is 9.37 Å². The number of pyridine rings is 2. The van der Waals surface area contributed by atoms with Crippen molar-refractivity contribution < 1.29 is 9.50 Å². The Hall–Kier alpha value is -3.51. The lowest BCUT2D eigenvalue weighted by Crippen LogP contribution is -2.18. The van der Waals surface area contributed by atoms with Gasteiger partial charge in [0, 0.05) is 23.0 Å². The zero-order valence-corrected chi connectivity index (χ0v) is 17.2. The maximum absolute atomic E-state index is 14.6. The molecule has 1 atom stereocenters. The van der Waals surface area contributed by atoms with Crippen molar-refractivity contribution in [2.24, 2.45) is 0 Å². The topological polar surface area (TPSA) is 67.2 Å². The van der Waals surface area contributed by atoms with Crippen molar-refractivity contribution in [3.05, 3.63) is 102 Å². The summed E-state index contributed by atoms with van der Waals surface area (Å²) < 4.78 is 16.2. The Kier molecular flexibility index (Phi) is 7.83. The van der Waals surface area contributed by atoms with Gasteiger partial charge in [-0.15, -0.1) is 0 Å². The van der Waals surface area contributed by atoms with Crippen LogP contribution < -0.4 is 10.7 Å². The van der Waals surface area contributed by atoms with Crippen molar-refractivity contribution in [2.45, 2.75) is 26.4 Å². The van der Waals surface area contributed by atoms with Gasteiger partial charge < -0.3 is 10.4 Å². The normalized spacial score (nSPS) is 13.5. The molecule has 6 heteroatoms. The highest BCUT2D eigenvalue weighted by Gasteiger charge is 2.22. The zero-order valence-electron chi connectivity index (χ0n) is 17.2. The predicted octanol–water partition coefficient (Wildman–Crippen LogP) is 5.25. The van der Waals surface area contributed by atoms with Crippen molar-refractivity contribution in [1.82, 2.24) is 9.55 Å². The summed E-state index contributed by atoms with van der Waals surface area (Å²) in [5.74, 6) is -0.331. The van der Waals surface area contributed by atoms with Crippen molar-refractivity contribution in [3.8, 4) is 0 Å². The summed E-state index contributed by atoms with van der Waals surface area (Å²) in [5, 5.41) is 13.5. The average molecular weight is 407 g/mol. The fourth-order valence-corrected chi connectivity index (χ4v) is 3.09. The first-order chi connectivity index (χ1) is 14.4. The zero-order chi connectivity index (χ0) is 22.3. The number of allylic oxidation sites excluding steroid dienone is 8. The summed E-state index contributed by atoms with van der Waals surface area (Å²) in [7, 11) is 0. The van der Waals surface area contributed by atoms with Crippen LogP contribution in [0.25, 0.3) is 16.7 Å². The first-order valence-electron chi connectivity index (χ1n) is 9.53. The van der Waals surface area contributed by atoms with Gasteiger partial charge in [-0.3, -0.25) is 9.36 Å². The van der Waals surface area contributed by atoms with Crippen molar-refractivity contribution >= 4 is 22.5 Å². The molecule has 0 aromatic carbocycles. The van der Waals surface area contributed by atoms with E-state index in [1.54, 1.807) is 41.9 Å². The van der Waals surface area contributed by atoms with Crippen LogP contribution in [0.4, 0.5) is 10.2 Å². The van der Waals surface area contributed by atoms with E-state index in [1.807, 2.05) is 19.1 Å². The molecule has 0 aliphatic rings. The third-order valence-corrected chi connectivity index (χ3v) is 4.41. The van der Waals surface area contributed by atoms with Crippen LogP contribution in [0.15, 0.2) is 85.0 Å². The van der Waals surface area contributed by atoms with E-state index in [-0.39, 0.29) is 23.0 Å². The van der Waals surface area contributed by atoms with Gasteiger partial charge in [0.05, 0.1) is 17.7 Å². The number of fused-ring (bicyclic) bond motifs is 1. The third kappa shape index (κ3) is 4.55. The Balaban J connectivity index is 3.05. The molecule has 2 rings (SSSR count). The molecule has 0 saturated carbocycles. The molecule has 0 amide bonds. The largest absolute Gasteiger partial charge is 0.388 e. The Bertz CT molecular complexity index is 1120. The quantitative estimate of drug-likeness (QED) is 0.557. The molecule has 1 unspecified atom stereocenters. The number of hydrogen-bond acceptors (Lipinski definition) is 4. The molecule has 0 aliphatic heterocycles. The van der Waals surface area contributed by atoms with E-state index in [1.165, 1.54) is 6.07 Å². The Morgan fingerprint density at radius 3 is 2.60 bits per heavy atom. The molecular formula is C24H26FN3O2. The van der Waals surface area contributed by atoms with Crippen LogP contribution in [0.3, 0.4) is 0 Å². The number of nitrogens with zero attached hydrogens (tertiary/aromatic N) is 2. The summed E-state index contributed by atoms with van der Waals surface area (Å²) >= 11 is 0. The molecule has 0 aliphatic carbocycles. The van der Waals surface area contributed by atoms with Gasteiger partial charge in [0.2, 0.25) is 0 Å². The minimum atomic E-state index is -1.13. The van der Waals surface area contributed by atoms with Crippen molar-refractivity contribution in [2.75, 3.05) is 5.32 Å². The monoisotopic (exact) mass is 407 g/mol. The molecule has 0 saturated heterocycles. The first kappa shape index (κ1) is 22.8. The van der Waals surface area contributed by atoms with E-state index < -0.39 is 17.3 Å². The maximum atomic E-state index is 14.6. The standard InChI is InChI=1S/C24H26FN3O2/c1-6-11-16(9-4)27-21-14-20(30)23-22(19(29)10-5)18(25)15-26-24(23)28(21)17(12-7-2)13-8-3/h6-9,11-15,19,27,29H,1-2,4,10H2,3,5H3/b13-8-,16-11+,17-12+. The number of aliphatic hydroxyl groups excluding tert-OH is 1. The molecule has 0 bridgehead atoms. The number of rotatable bonds is 9. The average Bonchev–Trinajstić information content (AvgIpc) is 2.73. The Morgan fingerprint density at radius 2 is 2.03 bits per heavy atom. The highest BCUT2D eigenvalue weighted by Crippen LogP contribution is 2.29. The number of halogens is 1. The van der Waals surface area contributed by atoms with Crippen LogP contribution in [0, 0.1) is 5.82 Å². The van der Waals surface area contributed by atoms with Crippen LogP contribution >= 0.6 is 0 Å². The van der Waals surface area contributed by atoms with E-state index in [4.69, 9.17) is 0 Å². The summed E-state index contributed by atoms with van der Waals surface area (Å²) in [6.07, 6.45) is 12.0. The second-order valence-corrected chi connectivity index (χ2v) is 6.39. The molecule has 0 spiro atoms. The molecule has 2 N–H and O–H groups in total. The minimum absolute atomic E-state index is 0.0298. The first-order valence-corrected chi connectivity index (χ1v) is 9.53. The lowest BCUT2D eigenvalue weighted by Gasteiger charge is -2.21. The second-order valence-electron chi connectivity index (χ2n) is 6.39. The van der Waals surface area contributed by atoms with Gasteiger partial charge in [0.1, 0.15) is 11.6 Å². The number of aromatic nitrogens is 2. The maximum Gasteiger partial charge on any atom is 0.193 e. The predicted molar refractivity (Wildman–Crippen MR) is 123 cm³/mol. The van der Waals surface area contributed by atoms with E-state index in [0.29, 0.717) is 17.2 Å². The molecule has 0 radical (unpaired) electrons. The fourth-order valence-electron chi connectivity index (χ4n) is 3.09. The van der Waals surface area contributed by atoms with E-state index >= 15 is 0 Å². The summed E-state index contributed by atoms with van der Waals surface area (Å²) in [4.78, 5) is 17.2. The van der Waals surface area contributed by atoms with Gasteiger partial charge in [0.15, 0.2) is 11.1 Å². The Labute approximate surface area is 175 Å². The minimum Gasteiger partial charge on any atom is -0.388 e. The number of hydrogen-bond donors (Lipinski definition) is 2. The molecular weight excluding hydrogens is 381 g/mol. The highest BCUT2D eigenvalue weighted by atomic mass is 19.1. The molecule has 2 aromatic rings. The van der Waals surface area contributed by atoms with Crippen LogP contribution in [0.2, 0.25) is 0 Å². The Morgan fingerprint density at radius 1 is 1.33 bits per heavy atom. The van der Waals surface area contributed by atoms with Crippen LogP contribution in [0.1, 0.15) is 31.9 Å². The van der Waals surface area contributed by atoms with Crippen molar-refractivity contribution in [3.63, 3.8) is 0 Å². The van der Waals surface area contributed by atoms with Gasteiger partial charge >= 0.3 is 0 Å². The molecule has 30 heavy (non-hydrogen) atoms. The molecule has 2 aromatic heterocycles. The lowest BCUT2D eigenvalue weighted by atomic mass is 10.0. The molecule has 0 fully saturated rings. The van der Waals surface area contributed by atoms with Gasteiger partial charge in [-0.2, -0.15) is 0 Å². The smallest absolute Gasteiger partial charge is 0.193 e. The lowest BCUT2D eigenvalue weighted by molar-refractivity contribution is 0.170. The van der Waals surface area contributed by atoms with Crippen LogP contribution in [0.5, 0.6) is 0 Å². The molecule has 5 nitrogen and oxygen atoms in total. The number of nitrogens with one attached hydrogen (secondary N) is 1. The van der Waals surface area contributed by atoms with E-state index in [9.17, 15) is 14.3 Å². The molecule has 2 heterocycles. The SMILES string of the molecule is C=C/C=C(\C=C)Nc1cc(=O)c2c(C(O)CC)c(F)cnc2n1C(/C=C\C)=C/C=C. The van der Waals surface area contributed by atoms with Crippen LogP contribution in [-0.2, 0) is 0 Å². The fraction of sp³-hybridized carbons (Fsp3) is 0.167. The second kappa shape index (κ2) is 10.3. The number of aliphatic hydroxyl groups is 1. The molecule has 156 valence electrons. The van der Waals surface area contributed by atoms with Gasteiger partial charge in [-0.1, -0.05) is 44.9 Å². The van der Waals surface area contributed by atoms with Crippen LogP contribution in [-0.4, -0.2) is 14.7 Å². The van der Waals surface area contributed by atoms with Gasteiger partial charge in [-0.05, 0) is 37.6 Å². The third-order valence-electron chi connectivity index (χ3n) is 4.41.